The molecule has 0 atom stereocenters. The molecule has 0 saturated heterocycles. The molecule has 0 unspecified atom stereocenters. The van der Waals surface area contributed by atoms with E-state index in [4.69, 9.17) is 5.73 Å². The molecule has 0 saturated carbocycles. The number of benzene rings is 1. The molecule has 1 amide bonds. The molecular formula is C13H17F3N2O. The van der Waals surface area contributed by atoms with Crippen LogP contribution in [0.3, 0.4) is 0 Å². The van der Waals surface area contributed by atoms with Crippen LogP contribution in [0.2, 0.25) is 0 Å². The fourth-order valence-electron chi connectivity index (χ4n) is 1.71. The summed E-state index contributed by atoms with van der Waals surface area (Å²) in [4.78, 5) is 12.7. The lowest BCUT2D eigenvalue weighted by molar-refractivity contribution is -0.140. The van der Waals surface area contributed by atoms with Crippen LogP contribution in [0.15, 0.2) is 24.3 Å². The van der Waals surface area contributed by atoms with Crippen molar-refractivity contribution in [3.63, 3.8) is 0 Å². The van der Waals surface area contributed by atoms with Gasteiger partial charge in [-0.25, -0.2) is 0 Å². The summed E-state index contributed by atoms with van der Waals surface area (Å²) < 4.78 is 37.0. The van der Waals surface area contributed by atoms with Gasteiger partial charge in [-0.1, -0.05) is 12.1 Å². The zero-order valence-corrected chi connectivity index (χ0v) is 10.7. The number of amides is 1. The molecule has 0 bridgehead atoms. The number of rotatable bonds is 5. The molecule has 0 aliphatic rings. The van der Waals surface area contributed by atoms with Crippen LogP contribution in [0.4, 0.5) is 13.2 Å². The molecule has 1 rings (SSSR count). The molecule has 1 aromatic carbocycles. The van der Waals surface area contributed by atoms with Crippen molar-refractivity contribution < 1.29 is 18.0 Å². The zero-order chi connectivity index (χ0) is 14.5. The van der Waals surface area contributed by atoms with Crippen molar-refractivity contribution >= 4 is 5.91 Å². The van der Waals surface area contributed by atoms with Crippen molar-refractivity contribution in [2.45, 2.75) is 19.5 Å². The summed E-state index contributed by atoms with van der Waals surface area (Å²) in [7, 11) is 0. The Morgan fingerprint density at radius 1 is 1.26 bits per heavy atom. The molecule has 2 N–H and O–H groups in total. The summed E-state index contributed by atoms with van der Waals surface area (Å²) >= 11 is 0. The molecule has 0 aromatic heterocycles. The Bertz CT molecular complexity index is 415. The quantitative estimate of drug-likeness (QED) is 0.894. The summed E-state index contributed by atoms with van der Waals surface area (Å²) in [5.74, 6) is -0.612. The molecule has 0 aliphatic heterocycles. The van der Waals surface area contributed by atoms with Gasteiger partial charge < -0.3 is 10.6 Å². The molecule has 6 heteroatoms. The maximum Gasteiger partial charge on any atom is 0.406 e. The fraction of sp³-hybridized carbons (Fsp3) is 0.462. The number of hydrogen-bond donors (Lipinski definition) is 1. The normalized spacial score (nSPS) is 11.4. The third-order valence-electron chi connectivity index (χ3n) is 2.67. The predicted molar refractivity (Wildman–Crippen MR) is 66.8 cm³/mol. The van der Waals surface area contributed by atoms with E-state index in [0.29, 0.717) is 13.0 Å². The molecule has 0 radical (unpaired) electrons. The van der Waals surface area contributed by atoms with Gasteiger partial charge in [-0.05, 0) is 37.6 Å². The Morgan fingerprint density at radius 2 is 1.84 bits per heavy atom. The van der Waals surface area contributed by atoms with Crippen LogP contribution in [0.5, 0.6) is 0 Å². The smallest absolute Gasteiger partial charge is 0.330 e. The summed E-state index contributed by atoms with van der Waals surface area (Å²) in [6.07, 6.45) is -3.71. The lowest BCUT2D eigenvalue weighted by Gasteiger charge is -2.22. The lowest BCUT2D eigenvalue weighted by Crippen LogP contribution is -2.38. The molecule has 0 heterocycles. The van der Waals surface area contributed by atoms with E-state index >= 15 is 0 Å². The van der Waals surface area contributed by atoms with Gasteiger partial charge in [0.25, 0.3) is 5.91 Å². The Morgan fingerprint density at radius 3 is 2.26 bits per heavy atom. The van der Waals surface area contributed by atoms with Crippen molar-refractivity contribution in [2.75, 3.05) is 19.6 Å². The van der Waals surface area contributed by atoms with Gasteiger partial charge in [-0.2, -0.15) is 13.2 Å². The van der Waals surface area contributed by atoms with E-state index in [1.54, 1.807) is 12.1 Å². The summed E-state index contributed by atoms with van der Waals surface area (Å²) in [5, 5.41) is 0. The predicted octanol–water partition coefficient (Wildman–Crippen LogP) is 2.21. The molecule has 19 heavy (non-hydrogen) atoms. The third kappa shape index (κ3) is 4.90. The van der Waals surface area contributed by atoms with Crippen LogP contribution in [0, 0.1) is 0 Å². The number of nitrogens with two attached hydrogens (primary N) is 1. The average molecular weight is 274 g/mol. The first-order chi connectivity index (χ1) is 8.87. The lowest BCUT2D eigenvalue weighted by atomic mass is 10.1. The van der Waals surface area contributed by atoms with Crippen molar-refractivity contribution in [3.8, 4) is 0 Å². The van der Waals surface area contributed by atoms with Crippen molar-refractivity contribution in [2.24, 2.45) is 5.73 Å². The van der Waals surface area contributed by atoms with Crippen molar-refractivity contribution in [1.29, 1.82) is 0 Å². The van der Waals surface area contributed by atoms with Crippen LogP contribution < -0.4 is 5.73 Å². The third-order valence-corrected chi connectivity index (χ3v) is 2.67. The standard InChI is InChI=1S/C13H17F3N2O/c1-2-18(9-13(14,15)16)12(19)11-5-3-10(4-6-11)7-8-17/h3-6H,2,7-9,17H2,1H3. The second kappa shape index (κ2) is 6.56. The van der Waals surface area contributed by atoms with Gasteiger partial charge in [0, 0.05) is 12.1 Å². The topological polar surface area (TPSA) is 46.3 Å². The highest BCUT2D eigenvalue weighted by Gasteiger charge is 2.32. The SMILES string of the molecule is CCN(CC(F)(F)F)C(=O)c1ccc(CCN)cc1. The first-order valence-corrected chi connectivity index (χ1v) is 6.02. The molecule has 0 fully saturated rings. The Labute approximate surface area is 110 Å². The van der Waals surface area contributed by atoms with Crippen LogP contribution in [0.1, 0.15) is 22.8 Å². The van der Waals surface area contributed by atoms with Gasteiger partial charge in [0.15, 0.2) is 0 Å². The Balaban J connectivity index is 2.79. The van der Waals surface area contributed by atoms with Crippen LogP contribution >= 0.6 is 0 Å². The highest BCUT2D eigenvalue weighted by atomic mass is 19.4. The van der Waals surface area contributed by atoms with Gasteiger partial charge in [-0.3, -0.25) is 4.79 Å². The van der Waals surface area contributed by atoms with Crippen LogP contribution in [-0.4, -0.2) is 36.6 Å². The van der Waals surface area contributed by atoms with Gasteiger partial charge in [0.05, 0.1) is 0 Å². The van der Waals surface area contributed by atoms with E-state index in [9.17, 15) is 18.0 Å². The number of halogens is 3. The van der Waals surface area contributed by atoms with Crippen molar-refractivity contribution in [3.05, 3.63) is 35.4 Å². The molecule has 106 valence electrons. The maximum atomic E-state index is 12.3. The van der Waals surface area contributed by atoms with Crippen molar-refractivity contribution in [1.82, 2.24) is 4.90 Å². The summed E-state index contributed by atoms with van der Waals surface area (Å²) in [6, 6.07) is 6.49. The Hall–Kier alpha value is -1.56. The number of carbonyl (C=O) groups excluding carboxylic acids is 1. The molecule has 3 nitrogen and oxygen atoms in total. The van der Waals surface area contributed by atoms with E-state index in [0.717, 1.165) is 10.5 Å². The van der Waals surface area contributed by atoms with Gasteiger partial charge in [0.1, 0.15) is 6.54 Å². The van der Waals surface area contributed by atoms with Gasteiger partial charge in [-0.15, -0.1) is 0 Å². The highest BCUT2D eigenvalue weighted by molar-refractivity contribution is 5.94. The van der Waals surface area contributed by atoms with E-state index in [-0.39, 0.29) is 12.1 Å². The van der Waals surface area contributed by atoms with Gasteiger partial charge in [0.2, 0.25) is 0 Å². The largest absolute Gasteiger partial charge is 0.406 e. The van der Waals surface area contributed by atoms with E-state index in [1.165, 1.54) is 19.1 Å². The van der Waals surface area contributed by atoms with Crippen LogP contribution in [-0.2, 0) is 6.42 Å². The second-order valence-electron chi connectivity index (χ2n) is 4.17. The average Bonchev–Trinajstić information content (AvgIpc) is 2.35. The van der Waals surface area contributed by atoms with E-state index in [2.05, 4.69) is 0 Å². The minimum atomic E-state index is -4.38. The number of carbonyl (C=O) groups is 1. The number of hydrogen-bond acceptors (Lipinski definition) is 2. The zero-order valence-electron chi connectivity index (χ0n) is 10.7. The highest BCUT2D eigenvalue weighted by Crippen LogP contribution is 2.18. The molecular weight excluding hydrogens is 257 g/mol. The van der Waals surface area contributed by atoms with Crippen LogP contribution in [0.25, 0.3) is 0 Å². The number of nitrogens with zero attached hydrogens (tertiary/aromatic N) is 1. The Kier molecular flexibility index (Phi) is 5.35. The number of alkyl halides is 3. The minimum Gasteiger partial charge on any atom is -0.330 e. The molecule has 1 aromatic rings. The minimum absolute atomic E-state index is 0.0168. The summed E-state index contributed by atoms with van der Waals surface area (Å²) in [5.41, 5.74) is 6.61. The first-order valence-electron chi connectivity index (χ1n) is 6.02. The van der Waals surface area contributed by atoms with E-state index < -0.39 is 18.6 Å². The second-order valence-corrected chi connectivity index (χ2v) is 4.17. The first kappa shape index (κ1) is 15.5. The fourth-order valence-corrected chi connectivity index (χ4v) is 1.71. The monoisotopic (exact) mass is 274 g/mol. The molecule has 0 spiro atoms. The maximum absolute atomic E-state index is 12.3. The summed E-state index contributed by atoms with van der Waals surface area (Å²) in [6.45, 7) is 0.796. The van der Waals surface area contributed by atoms with Gasteiger partial charge >= 0.3 is 6.18 Å². The van der Waals surface area contributed by atoms with E-state index in [1.807, 2.05) is 0 Å². The molecule has 0 aliphatic carbocycles.